The fourth-order valence-corrected chi connectivity index (χ4v) is 6.78. The summed E-state index contributed by atoms with van der Waals surface area (Å²) in [5.41, 5.74) is 0.592. The number of nitrogens with one attached hydrogen (secondary N) is 2. The first-order valence-corrected chi connectivity index (χ1v) is 17.6. The average molecular weight is 691 g/mol. The SMILES string of the molecule is COCCCOc1cc(C(=O)N(C[C@@H]2CN(C(=O)OC(C)(C)C)C[C@H]2NS(=O)(=O)Cc2cccc(NC(C)=O)c2)C(C)C)ccc1OC. The molecule has 0 bridgehead atoms. The Balaban J connectivity index is 1.86. The smallest absolute Gasteiger partial charge is 0.410 e. The molecule has 1 heterocycles. The molecule has 0 spiro atoms. The van der Waals surface area contributed by atoms with E-state index in [0.29, 0.717) is 47.9 Å². The first kappa shape index (κ1) is 38.6. The van der Waals surface area contributed by atoms with E-state index in [1.165, 1.54) is 18.9 Å². The highest BCUT2D eigenvalue weighted by atomic mass is 32.2. The summed E-state index contributed by atoms with van der Waals surface area (Å²) in [6, 6.07) is 10.6. The van der Waals surface area contributed by atoms with Gasteiger partial charge in [0.1, 0.15) is 5.60 Å². The molecule has 0 unspecified atom stereocenters. The second kappa shape index (κ2) is 17.0. The van der Waals surface area contributed by atoms with Crippen LogP contribution in [0.3, 0.4) is 0 Å². The molecule has 2 aromatic carbocycles. The number of carbonyl (C=O) groups is 3. The minimum atomic E-state index is -3.92. The van der Waals surface area contributed by atoms with E-state index in [1.54, 1.807) is 75.2 Å². The van der Waals surface area contributed by atoms with Crippen molar-refractivity contribution < 1.29 is 41.7 Å². The van der Waals surface area contributed by atoms with Crippen LogP contribution in [-0.4, -0.2) is 101 Å². The maximum atomic E-state index is 14.0. The van der Waals surface area contributed by atoms with Gasteiger partial charge in [-0.15, -0.1) is 0 Å². The number of methoxy groups -OCH3 is 2. The van der Waals surface area contributed by atoms with Gasteiger partial charge in [-0.05, 0) is 70.5 Å². The Bertz CT molecular complexity index is 1520. The molecule has 2 N–H and O–H groups in total. The van der Waals surface area contributed by atoms with Gasteiger partial charge in [0.15, 0.2) is 11.5 Å². The summed E-state index contributed by atoms with van der Waals surface area (Å²) in [4.78, 5) is 41.7. The number of carbonyl (C=O) groups excluding carboxylic acids is 3. The van der Waals surface area contributed by atoms with E-state index in [-0.39, 0.29) is 43.2 Å². The van der Waals surface area contributed by atoms with Crippen molar-refractivity contribution in [2.24, 2.45) is 5.92 Å². The highest BCUT2D eigenvalue weighted by Crippen LogP contribution is 2.30. The van der Waals surface area contributed by atoms with E-state index in [1.807, 2.05) is 13.8 Å². The van der Waals surface area contributed by atoms with Crippen molar-refractivity contribution in [1.82, 2.24) is 14.5 Å². The van der Waals surface area contributed by atoms with Crippen LogP contribution in [0.4, 0.5) is 10.5 Å². The van der Waals surface area contributed by atoms with Gasteiger partial charge in [0.2, 0.25) is 15.9 Å². The van der Waals surface area contributed by atoms with E-state index in [0.717, 1.165) is 0 Å². The molecule has 0 radical (unpaired) electrons. The van der Waals surface area contributed by atoms with Crippen molar-refractivity contribution in [2.45, 2.75) is 71.4 Å². The van der Waals surface area contributed by atoms with E-state index < -0.39 is 33.7 Å². The first-order valence-electron chi connectivity index (χ1n) is 16.0. The van der Waals surface area contributed by atoms with Crippen LogP contribution in [-0.2, 0) is 30.0 Å². The van der Waals surface area contributed by atoms with Crippen LogP contribution in [0, 0.1) is 5.92 Å². The third kappa shape index (κ3) is 11.7. The summed E-state index contributed by atoms with van der Waals surface area (Å²) in [5.74, 6) is -0.431. The lowest BCUT2D eigenvalue weighted by Gasteiger charge is -2.32. The molecule has 3 amide bonds. The van der Waals surface area contributed by atoms with E-state index in [2.05, 4.69) is 10.0 Å². The monoisotopic (exact) mass is 690 g/mol. The maximum Gasteiger partial charge on any atom is 0.410 e. The quantitative estimate of drug-likeness (QED) is 0.261. The molecule has 0 aliphatic carbocycles. The Hall–Kier alpha value is -3.88. The lowest BCUT2D eigenvalue weighted by molar-refractivity contribution is -0.114. The molecular formula is C34H50N4O9S. The van der Waals surface area contributed by atoms with Crippen molar-refractivity contribution in [2.75, 3.05) is 52.4 Å². The Morgan fingerprint density at radius 2 is 1.75 bits per heavy atom. The van der Waals surface area contributed by atoms with Crippen molar-refractivity contribution in [3.63, 3.8) is 0 Å². The lowest BCUT2D eigenvalue weighted by atomic mass is 10.0. The topological polar surface area (TPSA) is 153 Å². The highest BCUT2D eigenvalue weighted by molar-refractivity contribution is 7.88. The summed E-state index contributed by atoms with van der Waals surface area (Å²) in [5, 5.41) is 2.66. The highest BCUT2D eigenvalue weighted by Gasteiger charge is 2.41. The van der Waals surface area contributed by atoms with Gasteiger partial charge < -0.3 is 34.1 Å². The van der Waals surface area contributed by atoms with E-state index in [4.69, 9.17) is 18.9 Å². The fourth-order valence-electron chi connectivity index (χ4n) is 5.35. The molecule has 266 valence electrons. The number of hydrogen-bond acceptors (Lipinski definition) is 9. The normalized spacial score (nSPS) is 16.5. The second-order valence-corrected chi connectivity index (χ2v) is 14.9. The van der Waals surface area contributed by atoms with Crippen LogP contribution < -0.4 is 19.5 Å². The summed E-state index contributed by atoms with van der Waals surface area (Å²) in [6.07, 6.45) is 0.0918. The molecule has 13 nitrogen and oxygen atoms in total. The van der Waals surface area contributed by atoms with Crippen molar-refractivity contribution in [1.29, 1.82) is 0 Å². The van der Waals surface area contributed by atoms with Crippen LogP contribution in [0.2, 0.25) is 0 Å². The minimum Gasteiger partial charge on any atom is -0.493 e. The van der Waals surface area contributed by atoms with Crippen molar-refractivity contribution >= 4 is 33.6 Å². The molecule has 0 aromatic heterocycles. The number of ether oxygens (including phenoxy) is 4. The van der Waals surface area contributed by atoms with Gasteiger partial charge in [-0.3, -0.25) is 9.59 Å². The molecular weight excluding hydrogens is 640 g/mol. The van der Waals surface area contributed by atoms with Gasteiger partial charge in [0.25, 0.3) is 5.91 Å². The number of benzene rings is 2. The summed E-state index contributed by atoms with van der Waals surface area (Å²) in [6.45, 7) is 11.7. The van der Waals surface area contributed by atoms with Gasteiger partial charge in [-0.2, -0.15) is 0 Å². The fraction of sp³-hybridized carbons (Fsp3) is 0.559. The average Bonchev–Trinajstić information content (AvgIpc) is 3.37. The summed E-state index contributed by atoms with van der Waals surface area (Å²) < 4.78 is 51.8. The Morgan fingerprint density at radius 1 is 1.02 bits per heavy atom. The van der Waals surface area contributed by atoms with Gasteiger partial charge in [0, 0.05) is 75.9 Å². The number of rotatable bonds is 15. The Kier molecular flexibility index (Phi) is 13.6. The molecule has 2 aromatic rings. The molecule has 2 atom stereocenters. The van der Waals surface area contributed by atoms with Crippen LogP contribution >= 0.6 is 0 Å². The van der Waals surface area contributed by atoms with Crippen LogP contribution in [0.5, 0.6) is 11.5 Å². The third-order valence-electron chi connectivity index (χ3n) is 7.50. The zero-order valence-electron chi connectivity index (χ0n) is 29.2. The summed E-state index contributed by atoms with van der Waals surface area (Å²) >= 11 is 0. The number of anilines is 1. The molecule has 0 saturated carbocycles. The van der Waals surface area contributed by atoms with Crippen LogP contribution in [0.15, 0.2) is 42.5 Å². The number of sulfonamides is 1. The van der Waals surface area contributed by atoms with Crippen LogP contribution in [0.25, 0.3) is 0 Å². The van der Waals surface area contributed by atoms with Gasteiger partial charge in [-0.25, -0.2) is 17.9 Å². The summed E-state index contributed by atoms with van der Waals surface area (Å²) in [7, 11) is -0.783. The number of nitrogens with zero attached hydrogens (tertiary/aromatic N) is 2. The molecule has 1 aliphatic rings. The lowest BCUT2D eigenvalue weighted by Crippen LogP contribution is -2.47. The van der Waals surface area contributed by atoms with Gasteiger partial charge >= 0.3 is 6.09 Å². The standard InChI is InChI=1S/C34H50N4O9S/c1-23(2)38(32(40)26-13-14-30(45-8)31(18-26)46-16-10-15-44-7)20-27-19-37(33(41)47-34(4,5)6)21-29(27)36-48(42,43)22-25-11-9-12-28(17-25)35-24(3)39/h9,11-14,17-18,23,27,29,36H,10,15-16,19-22H2,1-8H3,(H,35,39)/t27-,29+/m0/s1. The van der Waals surface area contributed by atoms with E-state index >= 15 is 0 Å². The zero-order valence-corrected chi connectivity index (χ0v) is 30.0. The number of amides is 3. The molecule has 1 saturated heterocycles. The van der Waals surface area contributed by atoms with Crippen LogP contribution in [0.1, 0.15) is 63.9 Å². The Morgan fingerprint density at radius 3 is 2.38 bits per heavy atom. The third-order valence-corrected chi connectivity index (χ3v) is 8.88. The number of hydrogen-bond donors (Lipinski definition) is 2. The minimum absolute atomic E-state index is 0.0624. The first-order chi connectivity index (χ1) is 22.5. The van der Waals surface area contributed by atoms with E-state index in [9.17, 15) is 22.8 Å². The molecule has 14 heteroatoms. The van der Waals surface area contributed by atoms with Gasteiger partial charge in [0.05, 0.1) is 19.5 Å². The van der Waals surface area contributed by atoms with Crippen molar-refractivity contribution in [3.05, 3.63) is 53.6 Å². The maximum absolute atomic E-state index is 14.0. The number of likely N-dealkylation sites (tertiary alicyclic amines) is 1. The second-order valence-electron chi connectivity index (χ2n) is 13.1. The molecule has 1 fully saturated rings. The van der Waals surface area contributed by atoms with Crippen molar-refractivity contribution in [3.8, 4) is 11.5 Å². The predicted octanol–water partition coefficient (Wildman–Crippen LogP) is 4.27. The molecule has 3 rings (SSSR count). The molecule has 1 aliphatic heterocycles. The van der Waals surface area contributed by atoms with Gasteiger partial charge in [-0.1, -0.05) is 12.1 Å². The largest absolute Gasteiger partial charge is 0.493 e. The zero-order chi connectivity index (χ0) is 35.6. The molecule has 48 heavy (non-hydrogen) atoms. The predicted molar refractivity (Wildman–Crippen MR) is 183 cm³/mol. The Labute approximate surface area is 284 Å².